The van der Waals surface area contributed by atoms with Gasteiger partial charge in [0.2, 0.25) is 0 Å². The molecular weight excluding hydrogens is 164 g/mol. The number of ether oxygens (including phenoxy) is 1. The minimum absolute atomic E-state index is 0.507. The van der Waals surface area contributed by atoms with E-state index in [4.69, 9.17) is 10.5 Å². The number of rotatable bonds is 5. The lowest BCUT2D eigenvalue weighted by Gasteiger charge is -2.28. The summed E-state index contributed by atoms with van der Waals surface area (Å²) in [5, 5.41) is 3.53. The van der Waals surface area contributed by atoms with Crippen molar-refractivity contribution in [2.24, 2.45) is 5.73 Å². The van der Waals surface area contributed by atoms with Gasteiger partial charge in [0.05, 0.1) is 6.10 Å². The predicted octanol–water partition coefficient (Wildman–Crippen LogP) is 0.882. The van der Waals surface area contributed by atoms with E-state index in [0.717, 1.165) is 19.5 Å². The van der Waals surface area contributed by atoms with E-state index in [-0.39, 0.29) is 0 Å². The first-order valence-electron chi connectivity index (χ1n) is 5.33. The Kier molecular flexibility index (Phi) is 5.35. The average Bonchev–Trinajstić information content (AvgIpc) is 2.19. The van der Waals surface area contributed by atoms with Gasteiger partial charge in [-0.15, -0.1) is 0 Å². The Labute approximate surface area is 81.0 Å². The van der Waals surface area contributed by atoms with Gasteiger partial charge in [-0.3, -0.25) is 0 Å². The van der Waals surface area contributed by atoms with Crippen LogP contribution in [-0.2, 0) is 4.74 Å². The Morgan fingerprint density at radius 3 is 2.54 bits per heavy atom. The lowest BCUT2D eigenvalue weighted by molar-refractivity contribution is 0.0626. The highest BCUT2D eigenvalue weighted by atomic mass is 16.5. The maximum absolute atomic E-state index is 5.43. The maximum atomic E-state index is 5.43. The topological polar surface area (TPSA) is 47.3 Å². The molecule has 0 unspecified atom stereocenters. The summed E-state index contributed by atoms with van der Waals surface area (Å²) in [5.74, 6) is 0. The third kappa shape index (κ3) is 4.07. The van der Waals surface area contributed by atoms with Gasteiger partial charge < -0.3 is 15.8 Å². The normalized spacial score (nSPS) is 29.1. The Hall–Kier alpha value is -0.120. The van der Waals surface area contributed by atoms with E-state index in [1.807, 2.05) is 7.11 Å². The fraction of sp³-hybridized carbons (Fsp3) is 1.00. The molecule has 0 amide bonds. The molecule has 3 N–H and O–H groups in total. The van der Waals surface area contributed by atoms with Crippen LogP contribution >= 0.6 is 0 Å². The molecule has 78 valence electrons. The standard InChI is InChI=1S/C10H22N2O/c1-13-10-5-3-9(4-6-10)12-8-2-7-11/h9-10,12H,2-8,11H2,1H3. The van der Waals surface area contributed by atoms with Crippen molar-refractivity contribution < 1.29 is 4.74 Å². The Bertz CT molecular complexity index is 119. The molecule has 13 heavy (non-hydrogen) atoms. The van der Waals surface area contributed by atoms with Crippen molar-refractivity contribution in [1.29, 1.82) is 0 Å². The zero-order valence-corrected chi connectivity index (χ0v) is 8.59. The molecule has 1 rings (SSSR count). The molecule has 0 saturated heterocycles. The van der Waals surface area contributed by atoms with Gasteiger partial charge in [-0.1, -0.05) is 0 Å². The largest absolute Gasteiger partial charge is 0.381 e. The van der Waals surface area contributed by atoms with E-state index in [2.05, 4.69) is 5.32 Å². The number of hydrogen-bond acceptors (Lipinski definition) is 3. The highest BCUT2D eigenvalue weighted by Gasteiger charge is 2.19. The van der Waals surface area contributed by atoms with Crippen molar-refractivity contribution in [2.75, 3.05) is 20.2 Å². The first-order chi connectivity index (χ1) is 6.36. The lowest BCUT2D eigenvalue weighted by atomic mass is 9.93. The molecule has 0 heterocycles. The number of nitrogens with two attached hydrogens (primary N) is 1. The van der Waals surface area contributed by atoms with Crippen LogP contribution in [0.3, 0.4) is 0 Å². The molecule has 0 aliphatic heterocycles. The molecule has 0 aromatic rings. The van der Waals surface area contributed by atoms with Gasteiger partial charge in [-0.25, -0.2) is 0 Å². The van der Waals surface area contributed by atoms with Gasteiger partial charge in [0.25, 0.3) is 0 Å². The highest BCUT2D eigenvalue weighted by Crippen LogP contribution is 2.20. The summed E-state index contributed by atoms with van der Waals surface area (Å²) in [5.41, 5.74) is 5.43. The minimum atomic E-state index is 0.507. The molecule has 1 fully saturated rings. The Morgan fingerprint density at radius 2 is 2.00 bits per heavy atom. The van der Waals surface area contributed by atoms with E-state index < -0.39 is 0 Å². The smallest absolute Gasteiger partial charge is 0.0572 e. The van der Waals surface area contributed by atoms with Crippen LogP contribution in [0.15, 0.2) is 0 Å². The molecule has 0 bridgehead atoms. The van der Waals surface area contributed by atoms with Crippen molar-refractivity contribution in [3.63, 3.8) is 0 Å². The summed E-state index contributed by atoms with van der Waals surface area (Å²) in [6, 6.07) is 0.706. The monoisotopic (exact) mass is 186 g/mol. The van der Waals surface area contributed by atoms with Crippen molar-refractivity contribution in [1.82, 2.24) is 5.32 Å². The number of nitrogens with one attached hydrogen (secondary N) is 1. The molecule has 3 nitrogen and oxygen atoms in total. The fourth-order valence-corrected chi connectivity index (χ4v) is 1.91. The first-order valence-corrected chi connectivity index (χ1v) is 5.33. The molecule has 0 spiro atoms. The predicted molar refractivity (Wildman–Crippen MR) is 54.7 cm³/mol. The number of methoxy groups -OCH3 is 1. The fourth-order valence-electron chi connectivity index (χ4n) is 1.91. The van der Waals surface area contributed by atoms with Gasteiger partial charge in [0.1, 0.15) is 0 Å². The van der Waals surface area contributed by atoms with Crippen molar-refractivity contribution in [3.8, 4) is 0 Å². The van der Waals surface area contributed by atoms with Gasteiger partial charge >= 0.3 is 0 Å². The first kappa shape index (κ1) is 11.0. The second-order valence-corrected chi connectivity index (χ2v) is 3.81. The van der Waals surface area contributed by atoms with E-state index in [9.17, 15) is 0 Å². The van der Waals surface area contributed by atoms with Crippen LogP contribution in [0.4, 0.5) is 0 Å². The van der Waals surface area contributed by atoms with E-state index >= 15 is 0 Å². The van der Waals surface area contributed by atoms with Crippen LogP contribution in [0, 0.1) is 0 Å². The molecule has 0 radical (unpaired) electrons. The SMILES string of the molecule is COC1CCC(NCCCN)CC1. The second kappa shape index (κ2) is 6.35. The molecule has 1 aliphatic carbocycles. The minimum Gasteiger partial charge on any atom is -0.381 e. The molecule has 0 atom stereocenters. The van der Waals surface area contributed by atoms with Gasteiger partial charge in [-0.05, 0) is 45.2 Å². The lowest BCUT2D eigenvalue weighted by Crippen LogP contribution is -2.36. The van der Waals surface area contributed by atoms with E-state index in [1.165, 1.54) is 25.7 Å². The Morgan fingerprint density at radius 1 is 1.31 bits per heavy atom. The van der Waals surface area contributed by atoms with E-state index in [1.54, 1.807) is 0 Å². The summed E-state index contributed by atoms with van der Waals surface area (Å²) in [6.07, 6.45) is 6.51. The summed E-state index contributed by atoms with van der Waals surface area (Å²) < 4.78 is 5.32. The van der Waals surface area contributed by atoms with Crippen LogP contribution in [-0.4, -0.2) is 32.3 Å². The summed E-state index contributed by atoms with van der Waals surface area (Å²) in [7, 11) is 1.81. The van der Waals surface area contributed by atoms with Crippen LogP contribution in [0.25, 0.3) is 0 Å². The van der Waals surface area contributed by atoms with E-state index in [0.29, 0.717) is 12.1 Å². The number of hydrogen-bond donors (Lipinski definition) is 2. The van der Waals surface area contributed by atoms with Crippen LogP contribution in [0.1, 0.15) is 32.1 Å². The van der Waals surface area contributed by atoms with Crippen LogP contribution < -0.4 is 11.1 Å². The maximum Gasteiger partial charge on any atom is 0.0572 e. The summed E-state index contributed by atoms with van der Waals surface area (Å²) in [4.78, 5) is 0. The van der Waals surface area contributed by atoms with Crippen molar-refractivity contribution in [2.45, 2.75) is 44.2 Å². The van der Waals surface area contributed by atoms with Gasteiger partial charge in [0, 0.05) is 13.2 Å². The molecule has 0 aromatic carbocycles. The molecule has 3 heteroatoms. The van der Waals surface area contributed by atoms with Gasteiger partial charge in [-0.2, -0.15) is 0 Å². The zero-order chi connectivity index (χ0) is 9.52. The highest BCUT2D eigenvalue weighted by molar-refractivity contribution is 4.77. The molecular formula is C10H22N2O. The zero-order valence-electron chi connectivity index (χ0n) is 8.59. The summed E-state index contributed by atoms with van der Waals surface area (Å²) >= 11 is 0. The molecule has 0 aromatic heterocycles. The van der Waals surface area contributed by atoms with Crippen molar-refractivity contribution >= 4 is 0 Å². The second-order valence-electron chi connectivity index (χ2n) is 3.81. The van der Waals surface area contributed by atoms with Gasteiger partial charge in [0.15, 0.2) is 0 Å². The van der Waals surface area contributed by atoms with Crippen LogP contribution in [0.5, 0.6) is 0 Å². The third-order valence-electron chi connectivity index (χ3n) is 2.82. The summed E-state index contributed by atoms with van der Waals surface area (Å²) in [6.45, 7) is 1.86. The Balaban J connectivity index is 2.03. The quantitative estimate of drug-likeness (QED) is 0.627. The van der Waals surface area contributed by atoms with Crippen LogP contribution in [0.2, 0.25) is 0 Å². The third-order valence-corrected chi connectivity index (χ3v) is 2.82. The average molecular weight is 186 g/mol. The molecule has 1 aliphatic rings. The molecule has 1 saturated carbocycles. The van der Waals surface area contributed by atoms with Crippen molar-refractivity contribution in [3.05, 3.63) is 0 Å².